The summed E-state index contributed by atoms with van der Waals surface area (Å²) in [5.74, 6) is -3.65. The fourth-order valence-corrected chi connectivity index (χ4v) is 4.87. The smallest absolute Gasteiger partial charge is 0.337 e. The molecule has 39 heavy (non-hydrogen) atoms. The van der Waals surface area contributed by atoms with Crippen LogP contribution in [0.5, 0.6) is 0 Å². The predicted molar refractivity (Wildman–Crippen MR) is 133 cm³/mol. The second kappa shape index (κ2) is 10.2. The number of nitrogens with one attached hydrogen (secondary N) is 1. The van der Waals surface area contributed by atoms with Crippen LogP contribution in [0.3, 0.4) is 0 Å². The van der Waals surface area contributed by atoms with Crippen LogP contribution < -0.4 is 16.6 Å². The molecule has 4 aromatic rings. The second-order valence-electron chi connectivity index (χ2n) is 9.20. The van der Waals surface area contributed by atoms with Crippen LogP contribution >= 0.6 is 0 Å². The van der Waals surface area contributed by atoms with Gasteiger partial charge >= 0.3 is 5.69 Å². The van der Waals surface area contributed by atoms with Gasteiger partial charge < -0.3 is 5.32 Å². The molecule has 1 fully saturated rings. The van der Waals surface area contributed by atoms with E-state index in [1.807, 2.05) is 0 Å². The van der Waals surface area contributed by atoms with E-state index in [2.05, 4.69) is 10.3 Å². The number of aromatic nitrogens is 3. The molecule has 0 unspecified atom stereocenters. The molecule has 1 amide bonds. The number of carbonyl (C=O) groups is 1. The van der Waals surface area contributed by atoms with Crippen LogP contribution in [0.2, 0.25) is 0 Å². The van der Waals surface area contributed by atoms with E-state index in [9.17, 15) is 37.7 Å². The standard InChI is InChI=1S/C26H20F3N5O5/c27-15-11-20-23(30-13-15)32(18-8-9-21(28)22(29)12-18)26(37)33(25(20)36)17-6-4-16(5-7-17)31-24(35)14-2-1-3-19(10-14)34(38)39/h1-3,8-13,16-17H,4-7H2,(H,31,35). The zero-order valence-electron chi connectivity index (χ0n) is 20.1. The molecular weight excluding hydrogens is 519 g/mol. The van der Waals surface area contributed by atoms with Crippen LogP contribution in [-0.4, -0.2) is 31.0 Å². The van der Waals surface area contributed by atoms with Gasteiger partial charge in [0.15, 0.2) is 17.3 Å². The van der Waals surface area contributed by atoms with Crippen molar-refractivity contribution >= 4 is 22.6 Å². The Morgan fingerprint density at radius 3 is 2.44 bits per heavy atom. The largest absolute Gasteiger partial charge is 0.349 e. The summed E-state index contributed by atoms with van der Waals surface area (Å²) in [7, 11) is 0. The molecule has 2 heterocycles. The van der Waals surface area contributed by atoms with Gasteiger partial charge in [-0.25, -0.2) is 27.5 Å². The lowest BCUT2D eigenvalue weighted by Crippen LogP contribution is -2.45. The molecule has 10 nitrogen and oxygen atoms in total. The van der Waals surface area contributed by atoms with E-state index in [1.165, 1.54) is 24.3 Å². The van der Waals surface area contributed by atoms with E-state index < -0.39 is 45.6 Å². The van der Waals surface area contributed by atoms with Crippen LogP contribution in [0.25, 0.3) is 16.7 Å². The summed E-state index contributed by atoms with van der Waals surface area (Å²) in [4.78, 5) is 53.8. The lowest BCUT2D eigenvalue weighted by Gasteiger charge is -2.30. The molecule has 0 saturated heterocycles. The van der Waals surface area contributed by atoms with E-state index >= 15 is 0 Å². The maximum atomic E-state index is 14.0. The zero-order chi connectivity index (χ0) is 27.8. The molecule has 1 aliphatic rings. The fraction of sp³-hybridized carbons (Fsp3) is 0.231. The highest BCUT2D eigenvalue weighted by molar-refractivity contribution is 5.95. The van der Waals surface area contributed by atoms with E-state index in [-0.39, 0.29) is 34.0 Å². The van der Waals surface area contributed by atoms with Gasteiger partial charge in [-0.15, -0.1) is 0 Å². The Bertz CT molecular complexity index is 1740. The number of nitro benzene ring substituents is 1. The number of fused-ring (bicyclic) bond motifs is 1. The van der Waals surface area contributed by atoms with Gasteiger partial charge in [0.2, 0.25) is 0 Å². The van der Waals surface area contributed by atoms with Crippen molar-refractivity contribution < 1.29 is 22.9 Å². The monoisotopic (exact) mass is 539 g/mol. The second-order valence-corrected chi connectivity index (χ2v) is 9.20. The summed E-state index contributed by atoms with van der Waals surface area (Å²) in [6, 6.07) is 8.07. The number of hydrogen-bond acceptors (Lipinski definition) is 6. The average molecular weight is 539 g/mol. The third-order valence-corrected chi connectivity index (χ3v) is 6.77. The van der Waals surface area contributed by atoms with E-state index in [0.717, 1.165) is 39.6 Å². The molecule has 2 aromatic heterocycles. The predicted octanol–water partition coefficient (Wildman–Crippen LogP) is 3.79. The molecule has 0 radical (unpaired) electrons. The maximum Gasteiger partial charge on any atom is 0.337 e. The molecule has 200 valence electrons. The number of non-ortho nitro benzene ring substituents is 1. The summed E-state index contributed by atoms with van der Waals surface area (Å²) in [6.45, 7) is 0. The quantitative estimate of drug-likeness (QED) is 0.304. The third kappa shape index (κ3) is 4.90. The Kier molecular flexibility index (Phi) is 6.73. The lowest BCUT2D eigenvalue weighted by atomic mass is 9.90. The summed E-state index contributed by atoms with van der Waals surface area (Å²) in [6.07, 6.45) is 2.16. The summed E-state index contributed by atoms with van der Waals surface area (Å²) in [5.41, 5.74) is -2.00. The van der Waals surface area contributed by atoms with Crippen molar-refractivity contribution in [3.8, 4) is 5.69 Å². The van der Waals surface area contributed by atoms with E-state index in [4.69, 9.17) is 0 Å². The number of amides is 1. The lowest BCUT2D eigenvalue weighted by molar-refractivity contribution is -0.384. The molecule has 5 rings (SSSR count). The minimum absolute atomic E-state index is 0.0883. The van der Waals surface area contributed by atoms with Crippen molar-refractivity contribution in [2.45, 2.75) is 37.8 Å². The fourth-order valence-electron chi connectivity index (χ4n) is 4.87. The van der Waals surface area contributed by atoms with Gasteiger partial charge in [-0.05, 0) is 49.9 Å². The molecule has 0 bridgehead atoms. The van der Waals surface area contributed by atoms with Gasteiger partial charge in [0.05, 0.1) is 22.2 Å². The van der Waals surface area contributed by atoms with Crippen molar-refractivity contribution in [2.75, 3.05) is 0 Å². The summed E-state index contributed by atoms with van der Waals surface area (Å²) in [5, 5.41) is 13.6. The molecule has 0 spiro atoms. The van der Waals surface area contributed by atoms with Gasteiger partial charge in [-0.2, -0.15) is 0 Å². The Labute approximate surface area is 217 Å². The molecule has 2 aromatic carbocycles. The van der Waals surface area contributed by atoms with Crippen LogP contribution in [0, 0.1) is 27.6 Å². The average Bonchev–Trinajstić information content (AvgIpc) is 2.92. The number of benzene rings is 2. The highest BCUT2D eigenvalue weighted by Gasteiger charge is 2.28. The number of rotatable bonds is 5. The van der Waals surface area contributed by atoms with Crippen LogP contribution in [0.1, 0.15) is 42.1 Å². The van der Waals surface area contributed by atoms with Crippen LogP contribution in [0.15, 0.2) is 64.3 Å². The molecule has 0 aliphatic heterocycles. The molecule has 13 heteroatoms. The maximum absolute atomic E-state index is 14.0. The number of nitro groups is 1. The Hall–Kier alpha value is -4.81. The van der Waals surface area contributed by atoms with Crippen LogP contribution in [-0.2, 0) is 0 Å². The Morgan fingerprint density at radius 1 is 1.00 bits per heavy atom. The third-order valence-electron chi connectivity index (χ3n) is 6.77. The Balaban J connectivity index is 1.45. The summed E-state index contributed by atoms with van der Waals surface area (Å²) < 4.78 is 43.5. The van der Waals surface area contributed by atoms with Gasteiger partial charge in [-0.3, -0.25) is 24.3 Å². The first-order valence-corrected chi connectivity index (χ1v) is 12.0. The van der Waals surface area contributed by atoms with E-state index in [1.54, 1.807) is 0 Å². The first-order chi connectivity index (χ1) is 18.6. The van der Waals surface area contributed by atoms with Crippen LogP contribution in [0.4, 0.5) is 18.9 Å². The van der Waals surface area contributed by atoms with Gasteiger partial charge in [0.25, 0.3) is 17.2 Å². The highest BCUT2D eigenvalue weighted by Crippen LogP contribution is 2.28. The van der Waals surface area contributed by atoms with Crippen molar-refractivity contribution in [3.63, 3.8) is 0 Å². The number of nitrogens with zero attached hydrogens (tertiary/aromatic N) is 4. The van der Waals surface area contributed by atoms with Gasteiger partial charge in [-0.1, -0.05) is 6.07 Å². The number of pyridine rings is 1. The topological polar surface area (TPSA) is 129 Å². The molecule has 1 aliphatic carbocycles. The Morgan fingerprint density at radius 2 is 1.74 bits per heavy atom. The molecule has 1 saturated carbocycles. The van der Waals surface area contributed by atoms with Gasteiger partial charge in [0.1, 0.15) is 5.82 Å². The first-order valence-electron chi connectivity index (χ1n) is 12.0. The van der Waals surface area contributed by atoms with Crippen molar-refractivity contribution in [1.82, 2.24) is 19.4 Å². The normalized spacial score (nSPS) is 17.2. The minimum atomic E-state index is -1.22. The van der Waals surface area contributed by atoms with Crippen molar-refractivity contribution in [1.29, 1.82) is 0 Å². The molecular formula is C26H20F3N5O5. The number of carbonyl (C=O) groups excluding carboxylic acids is 1. The zero-order valence-corrected chi connectivity index (χ0v) is 20.1. The first kappa shape index (κ1) is 25.8. The number of hydrogen-bond donors (Lipinski definition) is 1. The van der Waals surface area contributed by atoms with E-state index in [0.29, 0.717) is 25.7 Å². The SMILES string of the molecule is O=C(NC1CCC(n2c(=O)c3cc(F)cnc3n(-c3ccc(F)c(F)c3)c2=O)CC1)c1cccc([N+](=O)[O-])c1. The van der Waals surface area contributed by atoms with Crippen molar-refractivity contribution in [3.05, 3.63) is 109 Å². The molecule has 0 atom stereocenters. The van der Waals surface area contributed by atoms with Crippen molar-refractivity contribution in [2.24, 2.45) is 0 Å². The van der Waals surface area contributed by atoms with Gasteiger partial charge in [0, 0.05) is 35.8 Å². The minimum Gasteiger partial charge on any atom is -0.349 e. The highest BCUT2D eigenvalue weighted by atomic mass is 19.2. The summed E-state index contributed by atoms with van der Waals surface area (Å²) >= 11 is 0. The number of halogens is 3. The molecule has 1 N–H and O–H groups in total.